The van der Waals surface area contributed by atoms with Crippen molar-refractivity contribution in [3.05, 3.63) is 34.4 Å². The minimum Gasteiger partial charge on any atom is -0.350 e. The number of aromatic nitrogens is 1. The molecule has 118 valence electrons. The maximum atomic E-state index is 12.4. The molecule has 1 N–H and O–H groups in total. The molecule has 0 aliphatic rings. The van der Waals surface area contributed by atoms with Gasteiger partial charge in [0.2, 0.25) is 5.91 Å². The van der Waals surface area contributed by atoms with Gasteiger partial charge in [-0.25, -0.2) is 0 Å². The molecule has 2 rings (SSSR count). The second kappa shape index (κ2) is 6.96. The Kier molecular flexibility index (Phi) is 5.24. The van der Waals surface area contributed by atoms with Crippen LogP contribution in [0.25, 0.3) is 10.9 Å². The minimum atomic E-state index is -0.187. The van der Waals surface area contributed by atoms with Crippen LogP contribution in [0.5, 0.6) is 0 Å². The molecule has 22 heavy (non-hydrogen) atoms. The molecule has 0 saturated heterocycles. The zero-order valence-electron chi connectivity index (χ0n) is 13.0. The fourth-order valence-electron chi connectivity index (χ4n) is 2.37. The summed E-state index contributed by atoms with van der Waals surface area (Å²) < 4.78 is 0.950. The average Bonchev–Trinajstić information content (AvgIpc) is 2.90. The lowest BCUT2D eigenvalue weighted by Gasteiger charge is -2.22. The molecule has 0 saturated carbocycles. The molecule has 0 unspecified atom stereocenters. The summed E-state index contributed by atoms with van der Waals surface area (Å²) in [5.41, 5.74) is 1.38. The van der Waals surface area contributed by atoms with E-state index in [4.69, 9.17) is 0 Å². The lowest BCUT2D eigenvalue weighted by molar-refractivity contribution is -0.131. The summed E-state index contributed by atoms with van der Waals surface area (Å²) in [6.45, 7) is 5.24. The van der Waals surface area contributed by atoms with Gasteiger partial charge in [-0.1, -0.05) is 22.0 Å². The lowest BCUT2D eigenvalue weighted by atomic mass is 10.2. The standard InChI is InChI=1S/C16H20BrN3O2/c1-4-20(5-2)15(21)10-19(3)16(22)14-8-11-6-7-12(17)9-13(11)18-14/h6-9,18H,4-5,10H2,1-3H3. The summed E-state index contributed by atoms with van der Waals surface area (Å²) in [4.78, 5) is 30.8. The van der Waals surface area contributed by atoms with Gasteiger partial charge >= 0.3 is 0 Å². The Morgan fingerprint density at radius 3 is 2.50 bits per heavy atom. The van der Waals surface area contributed by atoms with Crippen molar-refractivity contribution >= 4 is 38.6 Å². The van der Waals surface area contributed by atoms with Crippen LogP contribution in [-0.4, -0.2) is 53.3 Å². The third kappa shape index (κ3) is 3.50. The predicted molar refractivity (Wildman–Crippen MR) is 90.9 cm³/mol. The van der Waals surface area contributed by atoms with Crippen LogP contribution in [0.4, 0.5) is 0 Å². The highest BCUT2D eigenvalue weighted by atomic mass is 79.9. The summed E-state index contributed by atoms with van der Waals surface area (Å²) in [7, 11) is 1.64. The number of likely N-dealkylation sites (N-methyl/N-ethyl adjacent to an activating group) is 2. The number of amides is 2. The first-order valence-corrected chi connectivity index (χ1v) is 8.07. The van der Waals surface area contributed by atoms with Gasteiger partial charge in [-0.15, -0.1) is 0 Å². The monoisotopic (exact) mass is 365 g/mol. The quantitative estimate of drug-likeness (QED) is 0.885. The first kappa shape index (κ1) is 16.5. The topological polar surface area (TPSA) is 56.4 Å². The van der Waals surface area contributed by atoms with Crippen molar-refractivity contribution < 1.29 is 9.59 Å². The molecule has 6 heteroatoms. The van der Waals surface area contributed by atoms with Crippen LogP contribution in [0, 0.1) is 0 Å². The van der Waals surface area contributed by atoms with Crippen LogP contribution in [-0.2, 0) is 4.79 Å². The predicted octanol–water partition coefficient (Wildman–Crippen LogP) is 2.87. The number of aromatic amines is 1. The number of hydrogen-bond donors (Lipinski definition) is 1. The number of halogens is 1. The number of nitrogens with zero attached hydrogens (tertiary/aromatic N) is 2. The van der Waals surface area contributed by atoms with Gasteiger partial charge in [-0.05, 0) is 32.0 Å². The molecule has 5 nitrogen and oxygen atoms in total. The lowest BCUT2D eigenvalue weighted by Crippen LogP contribution is -2.41. The Balaban J connectivity index is 2.13. The summed E-state index contributed by atoms with van der Waals surface area (Å²) in [6, 6.07) is 7.60. The van der Waals surface area contributed by atoms with Crippen molar-refractivity contribution in [2.24, 2.45) is 0 Å². The van der Waals surface area contributed by atoms with Gasteiger partial charge in [0.25, 0.3) is 5.91 Å². The molecule has 2 aromatic rings. The van der Waals surface area contributed by atoms with E-state index in [1.807, 2.05) is 38.1 Å². The highest BCUT2D eigenvalue weighted by molar-refractivity contribution is 9.10. The van der Waals surface area contributed by atoms with Crippen molar-refractivity contribution in [1.82, 2.24) is 14.8 Å². The molecule has 1 heterocycles. The number of rotatable bonds is 5. The van der Waals surface area contributed by atoms with Crippen LogP contribution in [0.2, 0.25) is 0 Å². The Labute approximate surface area is 138 Å². The molecule has 0 bridgehead atoms. The SMILES string of the molecule is CCN(CC)C(=O)CN(C)C(=O)c1cc2ccc(Br)cc2[nH]1. The fourth-order valence-corrected chi connectivity index (χ4v) is 2.73. The Bertz CT molecular complexity index is 692. The zero-order chi connectivity index (χ0) is 16.3. The van der Waals surface area contributed by atoms with Gasteiger partial charge in [0, 0.05) is 35.5 Å². The molecule has 1 aromatic heterocycles. The van der Waals surface area contributed by atoms with Crippen LogP contribution in [0.15, 0.2) is 28.7 Å². The maximum absolute atomic E-state index is 12.4. The molecule has 0 aliphatic carbocycles. The third-order valence-corrected chi connectivity index (χ3v) is 4.14. The number of fused-ring (bicyclic) bond motifs is 1. The number of carbonyl (C=O) groups excluding carboxylic acids is 2. The number of H-pyrrole nitrogens is 1. The Morgan fingerprint density at radius 2 is 1.86 bits per heavy atom. The Hall–Kier alpha value is -1.82. The van der Waals surface area contributed by atoms with Crippen molar-refractivity contribution in [1.29, 1.82) is 0 Å². The second-order valence-corrected chi connectivity index (χ2v) is 6.06. The third-order valence-electron chi connectivity index (χ3n) is 3.65. The number of carbonyl (C=O) groups is 2. The van der Waals surface area contributed by atoms with Gasteiger partial charge in [-0.2, -0.15) is 0 Å². The molecule has 0 fully saturated rings. The van der Waals surface area contributed by atoms with E-state index in [1.54, 1.807) is 11.9 Å². The van der Waals surface area contributed by atoms with E-state index < -0.39 is 0 Å². The summed E-state index contributed by atoms with van der Waals surface area (Å²) in [5.74, 6) is -0.229. The molecule has 0 spiro atoms. The Morgan fingerprint density at radius 1 is 1.18 bits per heavy atom. The molecular formula is C16H20BrN3O2. The molecule has 1 aromatic carbocycles. The van der Waals surface area contributed by atoms with Gasteiger partial charge in [-0.3, -0.25) is 9.59 Å². The van der Waals surface area contributed by atoms with Crippen molar-refractivity contribution in [3.63, 3.8) is 0 Å². The van der Waals surface area contributed by atoms with Crippen LogP contribution >= 0.6 is 15.9 Å². The summed E-state index contributed by atoms with van der Waals surface area (Å²) >= 11 is 3.41. The van der Waals surface area contributed by atoms with Gasteiger partial charge < -0.3 is 14.8 Å². The van der Waals surface area contributed by atoms with E-state index in [2.05, 4.69) is 20.9 Å². The normalized spacial score (nSPS) is 10.7. The van der Waals surface area contributed by atoms with Crippen LogP contribution in [0.3, 0.4) is 0 Å². The maximum Gasteiger partial charge on any atom is 0.270 e. The van der Waals surface area contributed by atoms with E-state index in [9.17, 15) is 9.59 Å². The summed E-state index contributed by atoms with van der Waals surface area (Å²) in [6.07, 6.45) is 0. The van der Waals surface area contributed by atoms with Crippen molar-refractivity contribution in [2.45, 2.75) is 13.8 Å². The van der Waals surface area contributed by atoms with Crippen LogP contribution in [0.1, 0.15) is 24.3 Å². The summed E-state index contributed by atoms with van der Waals surface area (Å²) in [5, 5.41) is 0.968. The first-order valence-electron chi connectivity index (χ1n) is 7.27. The van der Waals surface area contributed by atoms with E-state index in [-0.39, 0.29) is 18.4 Å². The van der Waals surface area contributed by atoms with Gasteiger partial charge in [0.1, 0.15) is 5.69 Å². The fraction of sp³-hybridized carbons (Fsp3) is 0.375. The number of hydrogen-bond acceptors (Lipinski definition) is 2. The largest absolute Gasteiger partial charge is 0.350 e. The van der Waals surface area contributed by atoms with E-state index in [1.165, 1.54) is 4.90 Å². The number of benzene rings is 1. The zero-order valence-corrected chi connectivity index (χ0v) is 14.6. The van der Waals surface area contributed by atoms with Gasteiger partial charge in [0.05, 0.1) is 6.54 Å². The second-order valence-electron chi connectivity index (χ2n) is 5.14. The smallest absolute Gasteiger partial charge is 0.270 e. The molecule has 0 aliphatic heterocycles. The highest BCUT2D eigenvalue weighted by Crippen LogP contribution is 2.20. The van der Waals surface area contributed by atoms with Gasteiger partial charge in [0.15, 0.2) is 0 Å². The number of nitrogens with one attached hydrogen (secondary N) is 1. The van der Waals surface area contributed by atoms with E-state index in [0.29, 0.717) is 18.8 Å². The molecular weight excluding hydrogens is 346 g/mol. The minimum absolute atomic E-state index is 0.0419. The molecule has 2 amide bonds. The van der Waals surface area contributed by atoms with Crippen LogP contribution < -0.4 is 0 Å². The molecule has 0 atom stereocenters. The first-order chi connectivity index (χ1) is 10.5. The average molecular weight is 366 g/mol. The van der Waals surface area contributed by atoms with Crippen molar-refractivity contribution in [3.8, 4) is 0 Å². The highest BCUT2D eigenvalue weighted by Gasteiger charge is 2.19. The van der Waals surface area contributed by atoms with E-state index in [0.717, 1.165) is 15.4 Å². The molecule has 0 radical (unpaired) electrons. The van der Waals surface area contributed by atoms with E-state index >= 15 is 0 Å². The van der Waals surface area contributed by atoms with Crippen molar-refractivity contribution in [2.75, 3.05) is 26.7 Å².